The van der Waals surface area contributed by atoms with Gasteiger partial charge in [0, 0.05) is 11.4 Å². The number of halogens is 1. The standard InChI is InChI=1S/C30H36ClN7O6S/c1-18(39)26-30(43)34-24(14-19-6-4-3-5-7-19)28(41)32-16-21-17-38(37-36-21)11-12-44-25-9-8-20(31)15-22(25)27(40)33-23(10-13-45-2)29(42)35-26/h3-9,15,17-18,23-24,26,39H,10-14,16H2,1-2H3,(H,32,41)(H,33,40)(H,34,43)(H,35,42)/t18-,23+,24-,26+/m1/s1. The highest BCUT2D eigenvalue weighted by molar-refractivity contribution is 7.98. The molecule has 45 heavy (non-hydrogen) atoms. The summed E-state index contributed by atoms with van der Waals surface area (Å²) in [4.78, 5) is 53.8. The van der Waals surface area contributed by atoms with E-state index in [1.54, 1.807) is 18.3 Å². The smallest absolute Gasteiger partial charge is 0.255 e. The molecule has 0 radical (unpaired) electrons. The highest BCUT2D eigenvalue weighted by Crippen LogP contribution is 2.23. The van der Waals surface area contributed by atoms with Gasteiger partial charge in [-0.05, 0) is 49.1 Å². The summed E-state index contributed by atoms with van der Waals surface area (Å²) in [6.45, 7) is 1.81. The number of hydrogen-bond donors (Lipinski definition) is 5. The lowest BCUT2D eigenvalue weighted by molar-refractivity contribution is -0.134. The minimum Gasteiger partial charge on any atom is -0.491 e. The van der Waals surface area contributed by atoms with Crippen LogP contribution in [0.15, 0.2) is 54.7 Å². The molecule has 2 heterocycles. The first-order valence-corrected chi connectivity index (χ1v) is 16.1. The number of nitrogens with one attached hydrogen (secondary N) is 4. The van der Waals surface area contributed by atoms with Gasteiger partial charge < -0.3 is 31.1 Å². The van der Waals surface area contributed by atoms with E-state index in [9.17, 15) is 24.3 Å². The predicted molar refractivity (Wildman–Crippen MR) is 169 cm³/mol. The molecule has 0 saturated heterocycles. The summed E-state index contributed by atoms with van der Waals surface area (Å²) in [5.74, 6) is -1.79. The van der Waals surface area contributed by atoms with Crippen LogP contribution in [0, 0.1) is 0 Å². The summed E-state index contributed by atoms with van der Waals surface area (Å²) in [5, 5.41) is 29.8. The molecule has 1 aliphatic heterocycles. The zero-order valence-corrected chi connectivity index (χ0v) is 26.4. The Morgan fingerprint density at radius 1 is 1.04 bits per heavy atom. The molecule has 2 aromatic carbocycles. The van der Waals surface area contributed by atoms with E-state index in [4.69, 9.17) is 16.3 Å². The number of ether oxygens (including phenoxy) is 1. The van der Waals surface area contributed by atoms with E-state index >= 15 is 0 Å². The number of amides is 4. The number of aliphatic hydroxyl groups excluding tert-OH is 1. The normalized spacial score (nSPS) is 20.8. The van der Waals surface area contributed by atoms with Gasteiger partial charge in [-0.15, -0.1) is 5.10 Å². The molecule has 5 N–H and O–H groups in total. The Hall–Kier alpha value is -4.14. The number of carbonyl (C=O) groups excluding carboxylic acids is 4. The molecule has 2 bridgehead atoms. The Bertz CT molecular complexity index is 1490. The summed E-state index contributed by atoms with van der Waals surface area (Å²) in [6.07, 6.45) is 2.56. The van der Waals surface area contributed by atoms with Crippen LogP contribution in [-0.4, -0.2) is 86.6 Å². The maximum absolute atomic E-state index is 13.5. The summed E-state index contributed by atoms with van der Waals surface area (Å²) in [7, 11) is 0. The lowest BCUT2D eigenvalue weighted by Crippen LogP contribution is -2.60. The van der Waals surface area contributed by atoms with Gasteiger partial charge in [0.05, 0.1) is 31.0 Å². The van der Waals surface area contributed by atoms with Crippen molar-refractivity contribution in [1.82, 2.24) is 36.3 Å². The van der Waals surface area contributed by atoms with Crippen molar-refractivity contribution in [2.24, 2.45) is 0 Å². The number of aromatic nitrogens is 3. The van der Waals surface area contributed by atoms with Crippen molar-refractivity contribution in [2.75, 3.05) is 18.6 Å². The number of nitrogens with zero attached hydrogens (tertiary/aromatic N) is 3. The van der Waals surface area contributed by atoms with Crippen molar-refractivity contribution < 1.29 is 29.0 Å². The number of benzene rings is 2. The second-order valence-electron chi connectivity index (χ2n) is 10.5. The molecule has 0 fully saturated rings. The van der Waals surface area contributed by atoms with Gasteiger partial charge >= 0.3 is 0 Å². The molecule has 0 saturated carbocycles. The first-order chi connectivity index (χ1) is 21.6. The minimum absolute atomic E-state index is 0.0377. The molecule has 0 unspecified atom stereocenters. The van der Waals surface area contributed by atoms with Crippen LogP contribution in [0.3, 0.4) is 0 Å². The van der Waals surface area contributed by atoms with Crippen LogP contribution in [-0.2, 0) is 33.9 Å². The van der Waals surface area contributed by atoms with Crippen LogP contribution < -0.4 is 26.0 Å². The number of thioether (sulfide) groups is 1. The largest absolute Gasteiger partial charge is 0.491 e. The second-order valence-corrected chi connectivity index (χ2v) is 11.9. The van der Waals surface area contributed by atoms with Crippen molar-refractivity contribution in [3.05, 3.63) is 76.6 Å². The number of aliphatic hydroxyl groups is 1. The minimum atomic E-state index is -1.42. The van der Waals surface area contributed by atoms with E-state index in [1.807, 2.05) is 36.6 Å². The molecular weight excluding hydrogens is 622 g/mol. The van der Waals surface area contributed by atoms with Crippen LogP contribution in [0.5, 0.6) is 5.75 Å². The first kappa shape index (κ1) is 33.7. The molecule has 1 aromatic heterocycles. The first-order valence-electron chi connectivity index (χ1n) is 14.4. The van der Waals surface area contributed by atoms with Gasteiger partial charge in [0.2, 0.25) is 17.7 Å². The molecule has 3 aromatic rings. The van der Waals surface area contributed by atoms with Crippen molar-refractivity contribution in [1.29, 1.82) is 0 Å². The molecule has 4 amide bonds. The maximum Gasteiger partial charge on any atom is 0.255 e. The maximum atomic E-state index is 13.5. The van der Waals surface area contributed by atoms with Gasteiger partial charge in [-0.2, -0.15) is 11.8 Å². The molecule has 240 valence electrons. The lowest BCUT2D eigenvalue weighted by atomic mass is 10.0. The van der Waals surface area contributed by atoms with Crippen LogP contribution in [0.4, 0.5) is 0 Å². The van der Waals surface area contributed by atoms with Gasteiger partial charge in [0.15, 0.2) is 0 Å². The van der Waals surface area contributed by atoms with Crippen LogP contribution >= 0.6 is 23.4 Å². The zero-order valence-electron chi connectivity index (χ0n) is 24.9. The van der Waals surface area contributed by atoms with Gasteiger partial charge in [-0.1, -0.05) is 47.1 Å². The van der Waals surface area contributed by atoms with Gasteiger partial charge in [-0.3, -0.25) is 19.2 Å². The number of rotatable bonds is 6. The molecule has 4 rings (SSSR count). The average Bonchev–Trinajstić information content (AvgIpc) is 3.48. The third-order valence-corrected chi connectivity index (χ3v) is 7.88. The fraction of sp³-hybridized carbons (Fsp3) is 0.400. The Kier molecular flexibility index (Phi) is 12.2. The van der Waals surface area contributed by atoms with E-state index < -0.39 is 47.9 Å². The topological polar surface area (TPSA) is 177 Å². The van der Waals surface area contributed by atoms with E-state index in [2.05, 4.69) is 31.6 Å². The van der Waals surface area contributed by atoms with Crippen LogP contribution in [0.1, 0.15) is 35.0 Å². The highest BCUT2D eigenvalue weighted by Gasteiger charge is 2.33. The molecular formula is C30H36ClN7O6S. The number of hydrogen-bond acceptors (Lipinski definition) is 9. The van der Waals surface area contributed by atoms with E-state index in [0.717, 1.165) is 5.56 Å². The predicted octanol–water partition coefficient (Wildman–Crippen LogP) is 1.08. The van der Waals surface area contributed by atoms with Gasteiger partial charge in [0.1, 0.15) is 36.2 Å². The zero-order chi connectivity index (χ0) is 32.3. The van der Waals surface area contributed by atoms with E-state index in [-0.39, 0.29) is 43.9 Å². The number of fused-ring (bicyclic) bond motifs is 3. The Morgan fingerprint density at radius 2 is 1.82 bits per heavy atom. The van der Waals surface area contributed by atoms with Gasteiger partial charge in [-0.25, -0.2) is 4.68 Å². The molecule has 15 heteroatoms. The average molecular weight is 658 g/mol. The quantitative estimate of drug-likeness (QED) is 0.260. The number of carbonyl (C=O) groups is 4. The van der Waals surface area contributed by atoms with Crippen molar-refractivity contribution in [3.63, 3.8) is 0 Å². The fourth-order valence-electron chi connectivity index (χ4n) is 4.60. The third kappa shape index (κ3) is 9.67. The van der Waals surface area contributed by atoms with E-state index in [1.165, 1.54) is 29.4 Å². The molecule has 13 nitrogen and oxygen atoms in total. The van der Waals surface area contributed by atoms with Crippen molar-refractivity contribution in [3.8, 4) is 5.75 Å². The Morgan fingerprint density at radius 3 is 2.56 bits per heavy atom. The van der Waals surface area contributed by atoms with Gasteiger partial charge in [0.25, 0.3) is 5.91 Å². The molecule has 0 spiro atoms. The summed E-state index contributed by atoms with van der Waals surface area (Å²) in [6, 6.07) is 10.2. The Balaban J connectivity index is 1.66. The second kappa shape index (κ2) is 16.3. The fourth-order valence-corrected chi connectivity index (χ4v) is 5.25. The SMILES string of the molecule is CSCC[C@@H]1NC(=O)c2cc(Cl)ccc2OCCn2cc(nn2)CNC(=O)[C@@H](Cc2ccccc2)NC(=O)[C@H]([C@@H](C)O)NC1=O. The molecule has 1 aliphatic rings. The lowest BCUT2D eigenvalue weighted by Gasteiger charge is -2.27. The Labute approximate surface area is 269 Å². The summed E-state index contributed by atoms with van der Waals surface area (Å²) in [5.41, 5.74) is 1.38. The summed E-state index contributed by atoms with van der Waals surface area (Å²) >= 11 is 7.67. The monoisotopic (exact) mass is 657 g/mol. The molecule has 4 atom stereocenters. The van der Waals surface area contributed by atoms with Crippen LogP contribution in [0.25, 0.3) is 0 Å². The summed E-state index contributed by atoms with van der Waals surface area (Å²) < 4.78 is 7.42. The van der Waals surface area contributed by atoms with Crippen molar-refractivity contribution in [2.45, 2.75) is 57.1 Å². The van der Waals surface area contributed by atoms with E-state index in [0.29, 0.717) is 16.5 Å². The molecule has 0 aliphatic carbocycles. The highest BCUT2D eigenvalue weighted by atomic mass is 35.5. The van der Waals surface area contributed by atoms with Crippen LogP contribution in [0.2, 0.25) is 5.02 Å². The third-order valence-electron chi connectivity index (χ3n) is 7.00. The van der Waals surface area contributed by atoms with Crippen molar-refractivity contribution >= 4 is 47.0 Å².